The minimum Gasteiger partial charge on any atom is -0.378 e. The largest absolute Gasteiger partial charge is 0.378 e. The smallest absolute Gasteiger partial charge is 0.0951 e. The SMILES string of the molecule is Cc1cccc([C@H](C)NC2CCOC3(CCOC3)C2)c1. The van der Waals surface area contributed by atoms with Gasteiger partial charge in [0.05, 0.1) is 12.2 Å². The third kappa shape index (κ3) is 3.05. The van der Waals surface area contributed by atoms with E-state index >= 15 is 0 Å². The lowest BCUT2D eigenvalue weighted by Gasteiger charge is -2.38. The van der Waals surface area contributed by atoms with E-state index in [4.69, 9.17) is 9.47 Å². The molecule has 0 amide bonds. The van der Waals surface area contributed by atoms with Crippen LogP contribution in [0.25, 0.3) is 0 Å². The van der Waals surface area contributed by atoms with Crippen molar-refractivity contribution in [3.8, 4) is 0 Å². The first-order valence-electron chi connectivity index (χ1n) is 7.71. The molecule has 110 valence electrons. The van der Waals surface area contributed by atoms with Gasteiger partial charge in [0.15, 0.2) is 0 Å². The number of benzene rings is 1. The molecule has 0 aliphatic carbocycles. The normalized spacial score (nSPS) is 31.6. The molecule has 2 aliphatic rings. The number of ether oxygens (including phenoxy) is 2. The van der Waals surface area contributed by atoms with Crippen LogP contribution in [0.1, 0.15) is 43.4 Å². The number of nitrogens with one attached hydrogen (secondary N) is 1. The molecule has 1 aromatic carbocycles. The highest BCUT2D eigenvalue weighted by Crippen LogP contribution is 2.33. The van der Waals surface area contributed by atoms with Gasteiger partial charge in [-0.3, -0.25) is 0 Å². The summed E-state index contributed by atoms with van der Waals surface area (Å²) in [4.78, 5) is 0. The van der Waals surface area contributed by atoms with E-state index in [1.54, 1.807) is 0 Å². The molecule has 0 radical (unpaired) electrons. The molecule has 2 saturated heterocycles. The van der Waals surface area contributed by atoms with Crippen molar-refractivity contribution in [1.29, 1.82) is 0 Å². The van der Waals surface area contributed by atoms with Gasteiger partial charge in [0.2, 0.25) is 0 Å². The average molecular weight is 275 g/mol. The minimum absolute atomic E-state index is 0.0117. The van der Waals surface area contributed by atoms with Crippen LogP contribution in [0.4, 0.5) is 0 Å². The van der Waals surface area contributed by atoms with Crippen molar-refractivity contribution < 1.29 is 9.47 Å². The zero-order valence-electron chi connectivity index (χ0n) is 12.5. The van der Waals surface area contributed by atoms with Gasteiger partial charge in [-0.25, -0.2) is 0 Å². The first-order chi connectivity index (χ1) is 9.67. The summed E-state index contributed by atoms with van der Waals surface area (Å²) in [7, 11) is 0. The Hall–Kier alpha value is -0.900. The minimum atomic E-state index is -0.0117. The Balaban J connectivity index is 1.62. The van der Waals surface area contributed by atoms with E-state index in [2.05, 4.69) is 43.4 Å². The van der Waals surface area contributed by atoms with Gasteiger partial charge in [-0.05, 0) is 32.3 Å². The molecular weight excluding hydrogens is 250 g/mol. The fraction of sp³-hybridized carbons (Fsp3) is 0.647. The molecule has 1 N–H and O–H groups in total. The van der Waals surface area contributed by atoms with E-state index in [0.717, 1.165) is 39.1 Å². The van der Waals surface area contributed by atoms with E-state index < -0.39 is 0 Å². The van der Waals surface area contributed by atoms with E-state index in [9.17, 15) is 0 Å². The maximum Gasteiger partial charge on any atom is 0.0951 e. The molecule has 20 heavy (non-hydrogen) atoms. The third-order valence-corrected chi connectivity index (χ3v) is 4.59. The first kappa shape index (κ1) is 14.1. The highest BCUT2D eigenvalue weighted by atomic mass is 16.6. The second kappa shape index (κ2) is 5.84. The Morgan fingerprint density at radius 1 is 1.35 bits per heavy atom. The summed E-state index contributed by atoms with van der Waals surface area (Å²) in [6, 6.07) is 9.68. The van der Waals surface area contributed by atoms with Gasteiger partial charge in [0, 0.05) is 31.7 Å². The lowest BCUT2D eigenvalue weighted by molar-refractivity contribution is -0.0902. The molecule has 0 bridgehead atoms. The van der Waals surface area contributed by atoms with Crippen LogP contribution in [0.15, 0.2) is 24.3 Å². The van der Waals surface area contributed by atoms with Crippen LogP contribution < -0.4 is 5.32 Å². The third-order valence-electron chi connectivity index (χ3n) is 4.59. The molecule has 3 nitrogen and oxygen atoms in total. The molecule has 2 aliphatic heterocycles. The van der Waals surface area contributed by atoms with E-state index in [0.29, 0.717) is 12.1 Å². The van der Waals surface area contributed by atoms with Crippen LogP contribution in [0.5, 0.6) is 0 Å². The summed E-state index contributed by atoms with van der Waals surface area (Å²) in [5.41, 5.74) is 2.68. The van der Waals surface area contributed by atoms with Crippen molar-refractivity contribution in [2.24, 2.45) is 0 Å². The van der Waals surface area contributed by atoms with E-state index in [1.165, 1.54) is 11.1 Å². The van der Waals surface area contributed by atoms with Crippen molar-refractivity contribution in [2.45, 2.75) is 50.8 Å². The highest BCUT2D eigenvalue weighted by Gasteiger charge is 2.41. The molecule has 2 heterocycles. The molecule has 1 aromatic rings. The van der Waals surface area contributed by atoms with Crippen LogP contribution in [-0.2, 0) is 9.47 Å². The van der Waals surface area contributed by atoms with Crippen molar-refractivity contribution in [3.05, 3.63) is 35.4 Å². The number of hydrogen-bond acceptors (Lipinski definition) is 3. The second-order valence-corrected chi connectivity index (χ2v) is 6.33. The zero-order valence-corrected chi connectivity index (χ0v) is 12.5. The Labute approximate surface area is 121 Å². The summed E-state index contributed by atoms with van der Waals surface area (Å²) >= 11 is 0. The fourth-order valence-electron chi connectivity index (χ4n) is 3.42. The Kier molecular flexibility index (Phi) is 4.11. The predicted octanol–water partition coefficient (Wildman–Crippen LogP) is 2.98. The summed E-state index contributed by atoms with van der Waals surface area (Å²) in [6.45, 7) is 6.86. The number of rotatable bonds is 3. The summed E-state index contributed by atoms with van der Waals surface area (Å²) in [5, 5.41) is 3.78. The van der Waals surface area contributed by atoms with Crippen LogP contribution in [0, 0.1) is 6.92 Å². The van der Waals surface area contributed by atoms with Gasteiger partial charge in [0.25, 0.3) is 0 Å². The van der Waals surface area contributed by atoms with E-state index in [-0.39, 0.29) is 5.60 Å². The predicted molar refractivity (Wildman–Crippen MR) is 79.9 cm³/mol. The second-order valence-electron chi connectivity index (χ2n) is 6.33. The Morgan fingerprint density at radius 3 is 3.00 bits per heavy atom. The van der Waals surface area contributed by atoms with Gasteiger partial charge >= 0.3 is 0 Å². The Bertz CT molecular complexity index is 454. The van der Waals surface area contributed by atoms with Gasteiger partial charge in [-0.2, -0.15) is 0 Å². The molecular formula is C17H25NO2. The number of hydrogen-bond donors (Lipinski definition) is 1. The van der Waals surface area contributed by atoms with Crippen LogP contribution >= 0.6 is 0 Å². The van der Waals surface area contributed by atoms with Crippen molar-refractivity contribution in [3.63, 3.8) is 0 Å². The molecule has 2 fully saturated rings. The van der Waals surface area contributed by atoms with E-state index in [1.807, 2.05) is 0 Å². The van der Waals surface area contributed by atoms with Crippen LogP contribution in [0.3, 0.4) is 0 Å². The van der Waals surface area contributed by atoms with Crippen molar-refractivity contribution >= 4 is 0 Å². The molecule has 3 atom stereocenters. The molecule has 2 unspecified atom stereocenters. The van der Waals surface area contributed by atoms with Crippen molar-refractivity contribution in [1.82, 2.24) is 5.32 Å². The quantitative estimate of drug-likeness (QED) is 0.920. The summed E-state index contributed by atoms with van der Waals surface area (Å²) in [5.74, 6) is 0. The van der Waals surface area contributed by atoms with Crippen molar-refractivity contribution in [2.75, 3.05) is 19.8 Å². The monoisotopic (exact) mass is 275 g/mol. The molecule has 0 saturated carbocycles. The average Bonchev–Trinajstić information content (AvgIpc) is 2.87. The first-order valence-corrected chi connectivity index (χ1v) is 7.71. The molecule has 1 spiro atoms. The lowest BCUT2D eigenvalue weighted by Crippen LogP contribution is -2.48. The van der Waals surface area contributed by atoms with Gasteiger partial charge in [-0.15, -0.1) is 0 Å². The summed E-state index contributed by atoms with van der Waals surface area (Å²) in [6.07, 6.45) is 3.21. The fourth-order valence-corrected chi connectivity index (χ4v) is 3.42. The maximum absolute atomic E-state index is 6.00. The summed E-state index contributed by atoms with van der Waals surface area (Å²) < 4.78 is 11.5. The lowest BCUT2D eigenvalue weighted by atomic mass is 9.89. The standard InChI is InChI=1S/C17H25NO2/c1-13-4-3-5-15(10-13)14(2)18-16-6-8-20-17(11-16)7-9-19-12-17/h3-5,10,14,16,18H,6-9,11-12H2,1-2H3/t14-,16?,17?/m0/s1. The maximum atomic E-state index is 6.00. The van der Waals surface area contributed by atoms with Gasteiger partial charge < -0.3 is 14.8 Å². The van der Waals surface area contributed by atoms with Crippen LogP contribution in [0.2, 0.25) is 0 Å². The highest BCUT2D eigenvalue weighted by molar-refractivity contribution is 5.24. The molecule has 0 aromatic heterocycles. The Morgan fingerprint density at radius 2 is 2.25 bits per heavy atom. The van der Waals surface area contributed by atoms with Gasteiger partial charge in [-0.1, -0.05) is 29.8 Å². The van der Waals surface area contributed by atoms with Crippen LogP contribution in [-0.4, -0.2) is 31.5 Å². The molecule has 3 heteroatoms. The topological polar surface area (TPSA) is 30.5 Å². The number of aryl methyl sites for hydroxylation is 1. The zero-order chi connectivity index (χ0) is 14.0. The molecule has 3 rings (SSSR count). The van der Waals surface area contributed by atoms with Gasteiger partial charge in [0.1, 0.15) is 0 Å².